The molecular weight excluding hydrogens is 234 g/mol. The molecule has 0 aliphatic carbocycles. The van der Waals surface area contributed by atoms with Crippen LogP contribution in [0.3, 0.4) is 0 Å². The zero-order valence-corrected chi connectivity index (χ0v) is 10.4. The topological polar surface area (TPSA) is 67.8 Å². The van der Waals surface area contributed by atoms with Gasteiger partial charge in [-0.15, -0.1) is 0 Å². The summed E-state index contributed by atoms with van der Waals surface area (Å²) >= 11 is 0. The Morgan fingerprint density at radius 2 is 1.00 bits per heavy atom. The second-order valence-electron chi connectivity index (χ2n) is 4.46. The Labute approximate surface area is 111 Å². The Kier molecular flexibility index (Phi) is 2.72. The number of rotatable bonds is 2. The van der Waals surface area contributed by atoms with Crippen LogP contribution >= 0.6 is 0 Å². The maximum Gasteiger partial charge on any atom is 0.0479 e. The number of nitrogens with one attached hydrogen (secondary N) is 1. The van der Waals surface area contributed by atoms with Gasteiger partial charge in [0.2, 0.25) is 0 Å². The van der Waals surface area contributed by atoms with Gasteiger partial charge in [-0.25, -0.2) is 0 Å². The van der Waals surface area contributed by atoms with Crippen LogP contribution in [0.1, 0.15) is 0 Å². The number of hydrogen-bond donors (Lipinski definition) is 3. The van der Waals surface area contributed by atoms with Gasteiger partial charge in [0, 0.05) is 33.9 Å². The minimum atomic E-state index is 0.761. The first-order chi connectivity index (χ1) is 9.25. The van der Waals surface area contributed by atoms with E-state index in [1.165, 1.54) is 0 Å². The summed E-state index contributed by atoms with van der Waals surface area (Å²) < 4.78 is 0. The van der Waals surface area contributed by atoms with Crippen molar-refractivity contribution in [2.45, 2.75) is 0 Å². The highest BCUT2D eigenvalue weighted by Gasteiger charge is 2.07. The van der Waals surface area contributed by atoms with E-state index in [2.05, 4.69) is 4.98 Å². The molecule has 0 atom stereocenters. The Morgan fingerprint density at radius 3 is 1.42 bits per heavy atom. The lowest BCUT2D eigenvalue weighted by atomic mass is 10.1. The first-order valence-electron chi connectivity index (χ1n) is 6.14. The van der Waals surface area contributed by atoms with Crippen LogP contribution in [-0.2, 0) is 0 Å². The molecule has 5 N–H and O–H groups in total. The molecule has 0 aliphatic rings. The summed E-state index contributed by atoms with van der Waals surface area (Å²) in [6.07, 6.45) is 0. The molecule has 2 aromatic carbocycles. The Hall–Kier alpha value is -2.68. The number of aromatic nitrogens is 1. The zero-order chi connectivity index (χ0) is 13.2. The minimum absolute atomic E-state index is 0.761. The van der Waals surface area contributed by atoms with E-state index in [0.29, 0.717) is 0 Å². The molecule has 19 heavy (non-hydrogen) atoms. The van der Waals surface area contributed by atoms with Crippen LogP contribution in [0.25, 0.3) is 22.5 Å². The van der Waals surface area contributed by atoms with E-state index in [0.717, 1.165) is 33.9 Å². The van der Waals surface area contributed by atoms with Gasteiger partial charge < -0.3 is 16.5 Å². The van der Waals surface area contributed by atoms with Gasteiger partial charge in [0.25, 0.3) is 0 Å². The molecule has 0 spiro atoms. The van der Waals surface area contributed by atoms with E-state index in [1.807, 2.05) is 60.7 Å². The smallest absolute Gasteiger partial charge is 0.0479 e. The Bertz CT molecular complexity index is 653. The molecule has 3 aromatic rings. The Balaban J connectivity index is 2.06. The van der Waals surface area contributed by atoms with Gasteiger partial charge in [-0.1, -0.05) is 36.4 Å². The zero-order valence-electron chi connectivity index (χ0n) is 10.4. The van der Waals surface area contributed by atoms with E-state index in [9.17, 15) is 0 Å². The molecule has 1 aromatic heterocycles. The molecule has 94 valence electrons. The highest BCUT2D eigenvalue weighted by atomic mass is 14.7. The highest BCUT2D eigenvalue weighted by Crippen LogP contribution is 2.30. The number of nitrogen functional groups attached to an aromatic ring is 2. The molecule has 3 rings (SSSR count). The van der Waals surface area contributed by atoms with Crippen LogP contribution in [0.2, 0.25) is 0 Å². The van der Waals surface area contributed by atoms with E-state index < -0.39 is 0 Å². The fourth-order valence-electron chi connectivity index (χ4n) is 2.19. The molecule has 0 fully saturated rings. The second kappa shape index (κ2) is 4.53. The molecule has 0 bridgehead atoms. The molecule has 0 saturated carbocycles. The summed E-state index contributed by atoms with van der Waals surface area (Å²) in [4.78, 5) is 3.37. The summed E-state index contributed by atoms with van der Waals surface area (Å²) in [5, 5.41) is 0. The maximum atomic E-state index is 5.99. The Morgan fingerprint density at radius 1 is 0.579 bits per heavy atom. The molecular formula is C16H15N3. The standard InChI is InChI=1S/C16H15N3/c17-13-7-3-1-5-11(13)15-9-10-16(19-15)12-6-2-4-8-14(12)18/h1-10,19H,17-18H2. The van der Waals surface area contributed by atoms with Crippen LogP contribution in [0.5, 0.6) is 0 Å². The third-order valence-corrected chi connectivity index (χ3v) is 3.19. The molecule has 1 heterocycles. The number of benzene rings is 2. The van der Waals surface area contributed by atoms with Crippen LogP contribution < -0.4 is 11.5 Å². The van der Waals surface area contributed by atoms with Crippen molar-refractivity contribution in [2.75, 3.05) is 11.5 Å². The number of nitrogens with two attached hydrogens (primary N) is 2. The molecule has 3 heteroatoms. The van der Waals surface area contributed by atoms with Crippen LogP contribution in [0.4, 0.5) is 11.4 Å². The summed E-state index contributed by atoms with van der Waals surface area (Å²) in [6, 6.07) is 19.6. The third kappa shape index (κ3) is 2.06. The summed E-state index contributed by atoms with van der Waals surface area (Å²) in [7, 11) is 0. The van der Waals surface area contributed by atoms with Crippen molar-refractivity contribution in [2.24, 2.45) is 0 Å². The van der Waals surface area contributed by atoms with Crippen molar-refractivity contribution in [1.29, 1.82) is 0 Å². The van der Waals surface area contributed by atoms with Gasteiger partial charge in [0.05, 0.1) is 0 Å². The number of anilines is 2. The van der Waals surface area contributed by atoms with E-state index in [4.69, 9.17) is 11.5 Å². The van der Waals surface area contributed by atoms with Gasteiger partial charge in [-0.2, -0.15) is 0 Å². The summed E-state index contributed by atoms with van der Waals surface area (Å²) in [5.74, 6) is 0. The van der Waals surface area contributed by atoms with E-state index >= 15 is 0 Å². The third-order valence-electron chi connectivity index (χ3n) is 3.19. The van der Waals surface area contributed by atoms with Crippen LogP contribution in [-0.4, -0.2) is 4.98 Å². The maximum absolute atomic E-state index is 5.99. The first-order valence-corrected chi connectivity index (χ1v) is 6.14. The fourth-order valence-corrected chi connectivity index (χ4v) is 2.19. The van der Waals surface area contributed by atoms with Crippen molar-refractivity contribution >= 4 is 11.4 Å². The highest BCUT2D eigenvalue weighted by molar-refractivity contribution is 5.79. The van der Waals surface area contributed by atoms with Crippen LogP contribution in [0, 0.1) is 0 Å². The van der Waals surface area contributed by atoms with Crippen LogP contribution in [0.15, 0.2) is 60.7 Å². The lowest BCUT2D eigenvalue weighted by molar-refractivity contribution is 1.39. The average molecular weight is 249 g/mol. The van der Waals surface area contributed by atoms with Crippen molar-refractivity contribution < 1.29 is 0 Å². The number of aromatic amines is 1. The van der Waals surface area contributed by atoms with Crippen molar-refractivity contribution in [3.63, 3.8) is 0 Å². The minimum Gasteiger partial charge on any atom is -0.398 e. The van der Waals surface area contributed by atoms with Gasteiger partial charge >= 0.3 is 0 Å². The first kappa shape index (κ1) is 11.4. The number of para-hydroxylation sites is 2. The molecule has 0 radical (unpaired) electrons. The van der Waals surface area contributed by atoms with Crippen molar-refractivity contribution in [3.8, 4) is 22.5 Å². The lowest BCUT2D eigenvalue weighted by Gasteiger charge is -2.04. The van der Waals surface area contributed by atoms with Crippen molar-refractivity contribution in [1.82, 2.24) is 4.98 Å². The molecule has 0 aliphatic heterocycles. The SMILES string of the molecule is Nc1ccccc1-c1ccc(-c2ccccc2N)[nH]1. The summed E-state index contributed by atoms with van der Waals surface area (Å²) in [6.45, 7) is 0. The quantitative estimate of drug-likeness (QED) is 0.608. The fraction of sp³-hybridized carbons (Fsp3) is 0. The monoisotopic (exact) mass is 249 g/mol. The van der Waals surface area contributed by atoms with E-state index in [1.54, 1.807) is 0 Å². The molecule has 0 saturated heterocycles. The second-order valence-corrected chi connectivity index (χ2v) is 4.46. The van der Waals surface area contributed by atoms with Gasteiger partial charge in [0.15, 0.2) is 0 Å². The van der Waals surface area contributed by atoms with Gasteiger partial charge in [-0.05, 0) is 24.3 Å². The predicted molar refractivity (Wildman–Crippen MR) is 80.5 cm³/mol. The molecule has 3 nitrogen and oxygen atoms in total. The largest absolute Gasteiger partial charge is 0.398 e. The molecule has 0 amide bonds. The normalized spacial score (nSPS) is 10.5. The number of hydrogen-bond acceptors (Lipinski definition) is 2. The van der Waals surface area contributed by atoms with Crippen molar-refractivity contribution in [3.05, 3.63) is 60.7 Å². The predicted octanol–water partition coefficient (Wildman–Crippen LogP) is 3.51. The van der Waals surface area contributed by atoms with Gasteiger partial charge in [0.1, 0.15) is 0 Å². The lowest BCUT2D eigenvalue weighted by Crippen LogP contribution is -1.91. The number of H-pyrrole nitrogens is 1. The molecule has 0 unspecified atom stereocenters. The average Bonchev–Trinajstić information content (AvgIpc) is 2.89. The van der Waals surface area contributed by atoms with Gasteiger partial charge in [-0.3, -0.25) is 0 Å². The summed E-state index contributed by atoms with van der Waals surface area (Å²) in [5.41, 5.74) is 17.5. The van der Waals surface area contributed by atoms with E-state index in [-0.39, 0.29) is 0 Å².